The average molecular weight is 407 g/mol. The fraction of sp³-hybridized carbons (Fsp3) is 0.333. The number of hydrogen-bond acceptors (Lipinski definition) is 5. The number of unbranched alkanes of at least 4 members (excludes halogenated alkanes) is 1. The van der Waals surface area contributed by atoms with E-state index < -0.39 is 11.9 Å². The third-order valence-corrected chi connectivity index (χ3v) is 5.59. The van der Waals surface area contributed by atoms with Crippen molar-refractivity contribution < 1.29 is 18.7 Å². The van der Waals surface area contributed by atoms with E-state index in [4.69, 9.17) is 13.9 Å². The molecule has 30 heavy (non-hydrogen) atoms. The number of amides is 1. The van der Waals surface area contributed by atoms with Crippen molar-refractivity contribution in [2.45, 2.75) is 39.7 Å². The first kappa shape index (κ1) is 20.0. The van der Waals surface area contributed by atoms with Gasteiger partial charge in [-0.3, -0.25) is 9.59 Å². The second-order valence-corrected chi connectivity index (χ2v) is 7.63. The van der Waals surface area contributed by atoms with Crippen molar-refractivity contribution in [3.05, 3.63) is 68.6 Å². The number of ether oxygens (including phenoxy) is 2. The van der Waals surface area contributed by atoms with Gasteiger partial charge >= 0.3 is 0 Å². The van der Waals surface area contributed by atoms with Gasteiger partial charge in [-0.2, -0.15) is 0 Å². The van der Waals surface area contributed by atoms with Crippen LogP contribution in [0.15, 0.2) is 39.5 Å². The van der Waals surface area contributed by atoms with Gasteiger partial charge in [-0.05, 0) is 61.2 Å². The van der Waals surface area contributed by atoms with Gasteiger partial charge in [0.1, 0.15) is 5.58 Å². The normalized spacial score (nSPS) is 15.2. The maximum atomic E-state index is 13.3. The molecule has 0 saturated carbocycles. The Hall–Kier alpha value is -3.28. The van der Waals surface area contributed by atoms with Gasteiger partial charge in [-0.15, -0.1) is 0 Å². The predicted molar refractivity (Wildman–Crippen MR) is 115 cm³/mol. The zero-order chi connectivity index (χ0) is 21.4. The minimum Gasteiger partial charge on any atom is -0.493 e. The van der Waals surface area contributed by atoms with Crippen LogP contribution in [0, 0.1) is 13.8 Å². The van der Waals surface area contributed by atoms with Crippen molar-refractivity contribution in [3.63, 3.8) is 0 Å². The van der Waals surface area contributed by atoms with Crippen LogP contribution in [-0.2, 0) is 0 Å². The van der Waals surface area contributed by atoms with Crippen molar-refractivity contribution in [2.75, 3.05) is 13.7 Å². The largest absolute Gasteiger partial charge is 0.493 e. The summed E-state index contributed by atoms with van der Waals surface area (Å²) in [4.78, 5) is 25.9. The molecule has 0 bridgehead atoms. The van der Waals surface area contributed by atoms with Crippen molar-refractivity contribution in [3.8, 4) is 11.5 Å². The maximum absolute atomic E-state index is 13.3. The third kappa shape index (κ3) is 3.32. The summed E-state index contributed by atoms with van der Waals surface area (Å²) in [5.41, 5.74) is 3.30. The van der Waals surface area contributed by atoms with Crippen LogP contribution in [0.1, 0.15) is 58.6 Å². The van der Waals surface area contributed by atoms with Crippen molar-refractivity contribution >= 4 is 16.9 Å². The minimum atomic E-state index is -0.603. The highest BCUT2D eigenvalue weighted by atomic mass is 16.5. The number of rotatable bonds is 6. The molecule has 4 rings (SSSR count). The van der Waals surface area contributed by atoms with E-state index in [1.165, 1.54) is 0 Å². The van der Waals surface area contributed by atoms with Crippen molar-refractivity contribution in [1.29, 1.82) is 0 Å². The molecule has 1 amide bonds. The summed E-state index contributed by atoms with van der Waals surface area (Å²) >= 11 is 0. The fourth-order valence-corrected chi connectivity index (χ4v) is 3.72. The van der Waals surface area contributed by atoms with E-state index in [2.05, 4.69) is 12.2 Å². The lowest BCUT2D eigenvalue weighted by Gasteiger charge is -2.16. The van der Waals surface area contributed by atoms with Crippen LogP contribution in [-0.4, -0.2) is 19.6 Å². The lowest BCUT2D eigenvalue weighted by atomic mass is 9.98. The van der Waals surface area contributed by atoms with Crippen LogP contribution in [0.4, 0.5) is 0 Å². The summed E-state index contributed by atoms with van der Waals surface area (Å²) in [5.74, 6) is 0.872. The summed E-state index contributed by atoms with van der Waals surface area (Å²) < 4.78 is 17.1. The predicted octanol–water partition coefficient (Wildman–Crippen LogP) is 4.43. The molecule has 2 aromatic carbocycles. The molecule has 0 spiro atoms. The molecule has 0 fully saturated rings. The molecule has 6 nitrogen and oxygen atoms in total. The Morgan fingerprint density at radius 1 is 1.07 bits per heavy atom. The number of carbonyl (C=O) groups excluding carboxylic acids is 1. The van der Waals surface area contributed by atoms with E-state index in [9.17, 15) is 9.59 Å². The number of fused-ring (bicyclic) bond motifs is 2. The number of benzene rings is 2. The molecule has 1 unspecified atom stereocenters. The summed E-state index contributed by atoms with van der Waals surface area (Å²) in [5, 5.41) is 3.35. The molecular weight excluding hydrogens is 382 g/mol. The van der Waals surface area contributed by atoms with Crippen LogP contribution < -0.4 is 20.2 Å². The summed E-state index contributed by atoms with van der Waals surface area (Å²) in [7, 11) is 1.57. The molecule has 1 aliphatic heterocycles. The first-order valence-corrected chi connectivity index (χ1v) is 10.1. The van der Waals surface area contributed by atoms with Gasteiger partial charge in [0.2, 0.25) is 5.76 Å². The van der Waals surface area contributed by atoms with Gasteiger partial charge in [0.25, 0.3) is 5.91 Å². The van der Waals surface area contributed by atoms with Crippen LogP contribution in [0.3, 0.4) is 0 Å². The zero-order valence-electron chi connectivity index (χ0n) is 17.6. The summed E-state index contributed by atoms with van der Waals surface area (Å²) in [6.45, 7) is 6.59. The standard InChI is InChI=1S/C24H25NO5/c1-5-6-9-29-17-8-7-15(12-19(17)28-4)21-20-22(26)16-10-13(2)14(3)11-18(16)30-23(20)24(27)25-21/h7-8,10-12,21H,5-6,9H2,1-4H3,(H,25,27). The second-order valence-electron chi connectivity index (χ2n) is 7.63. The highest BCUT2D eigenvalue weighted by Crippen LogP contribution is 2.36. The average Bonchev–Trinajstić information content (AvgIpc) is 3.07. The number of methoxy groups -OCH3 is 1. The van der Waals surface area contributed by atoms with Gasteiger partial charge in [-0.1, -0.05) is 19.4 Å². The van der Waals surface area contributed by atoms with Crippen LogP contribution in [0.2, 0.25) is 0 Å². The first-order valence-electron chi connectivity index (χ1n) is 10.1. The highest BCUT2D eigenvalue weighted by molar-refractivity contribution is 5.99. The highest BCUT2D eigenvalue weighted by Gasteiger charge is 2.36. The van der Waals surface area contributed by atoms with Crippen LogP contribution in [0.25, 0.3) is 11.0 Å². The van der Waals surface area contributed by atoms with Crippen LogP contribution >= 0.6 is 0 Å². The number of hydrogen-bond donors (Lipinski definition) is 1. The Morgan fingerprint density at radius 2 is 1.83 bits per heavy atom. The van der Waals surface area contributed by atoms with Gasteiger partial charge in [0, 0.05) is 0 Å². The Balaban J connectivity index is 1.80. The molecule has 0 saturated heterocycles. The van der Waals surface area contributed by atoms with Crippen molar-refractivity contribution in [1.82, 2.24) is 5.32 Å². The molecule has 156 valence electrons. The number of nitrogens with one attached hydrogen (secondary N) is 1. The lowest BCUT2D eigenvalue weighted by Crippen LogP contribution is -2.22. The van der Waals surface area contributed by atoms with Crippen LogP contribution in [0.5, 0.6) is 11.5 Å². The minimum absolute atomic E-state index is 0.0722. The van der Waals surface area contributed by atoms with E-state index in [0.717, 1.165) is 29.5 Å². The quantitative estimate of drug-likeness (QED) is 0.612. The Bertz CT molecular complexity index is 1190. The fourth-order valence-electron chi connectivity index (χ4n) is 3.72. The molecule has 0 aliphatic carbocycles. The Labute approximate surface area is 174 Å². The van der Waals surface area contributed by atoms with E-state index in [1.807, 2.05) is 32.0 Å². The molecule has 1 N–H and O–H groups in total. The molecule has 1 atom stereocenters. The number of carbonyl (C=O) groups is 1. The van der Waals surface area contributed by atoms with Gasteiger partial charge in [-0.25, -0.2) is 0 Å². The monoisotopic (exact) mass is 407 g/mol. The van der Waals surface area contributed by atoms with Gasteiger partial charge in [0.15, 0.2) is 16.9 Å². The lowest BCUT2D eigenvalue weighted by molar-refractivity contribution is 0.0938. The molecule has 1 aromatic heterocycles. The summed E-state index contributed by atoms with van der Waals surface area (Å²) in [6, 6.07) is 8.47. The van der Waals surface area contributed by atoms with Gasteiger partial charge < -0.3 is 19.2 Å². The molecule has 2 heterocycles. The maximum Gasteiger partial charge on any atom is 0.288 e. The third-order valence-electron chi connectivity index (χ3n) is 5.59. The zero-order valence-corrected chi connectivity index (χ0v) is 17.6. The Kier molecular flexibility index (Phi) is 5.24. The molecular formula is C24H25NO5. The van der Waals surface area contributed by atoms with E-state index in [-0.39, 0.29) is 11.2 Å². The smallest absolute Gasteiger partial charge is 0.288 e. The summed E-state index contributed by atoms with van der Waals surface area (Å²) in [6.07, 6.45) is 1.98. The van der Waals surface area contributed by atoms with E-state index >= 15 is 0 Å². The Morgan fingerprint density at radius 3 is 2.57 bits per heavy atom. The topological polar surface area (TPSA) is 77.8 Å². The number of aryl methyl sites for hydroxylation is 2. The van der Waals surface area contributed by atoms with Gasteiger partial charge in [0.05, 0.1) is 30.7 Å². The molecule has 3 aromatic rings. The molecule has 1 aliphatic rings. The van der Waals surface area contributed by atoms with Crippen molar-refractivity contribution in [2.24, 2.45) is 0 Å². The van der Waals surface area contributed by atoms with E-state index in [0.29, 0.717) is 34.6 Å². The first-order chi connectivity index (χ1) is 14.4. The molecule has 6 heteroatoms. The van der Waals surface area contributed by atoms with E-state index in [1.54, 1.807) is 19.2 Å². The SMILES string of the molecule is CCCCOc1ccc(C2NC(=O)c3oc4cc(C)c(C)cc4c(=O)c32)cc1OC. The second kappa shape index (κ2) is 7.86. The molecule has 0 radical (unpaired) electrons.